The van der Waals surface area contributed by atoms with Crippen LogP contribution in [0.3, 0.4) is 0 Å². The van der Waals surface area contributed by atoms with Gasteiger partial charge < -0.3 is 9.47 Å². The summed E-state index contributed by atoms with van der Waals surface area (Å²) in [5.74, 6) is 0.441. The first-order chi connectivity index (χ1) is 12.8. The number of methoxy groups -OCH3 is 1. The number of rotatable bonds is 4. The van der Waals surface area contributed by atoms with Gasteiger partial charge in [0.2, 0.25) is 0 Å². The van der Waals surface area contributed by atoms with Crippen LogP contribution < -0.4 is 9.47 Å². The molecule has 0 unspecified atom stereocenters. The molecule has 2 aromatic carbocycles. The van der Waals surface area contributed by atoms with E-state index in [1.807, 2.05) is 0 Å². The van der Waals surface area contributed by atoms with E-state index < -0.39 is 16.0 Å². The van der Waals surface area contributed by atoms with E-state index >= 15 is 0 Å². The molecule has 0 spiro atoms. The van der Waals surface area contributed by atoms with Gasteiger partial charge in [-0.1, -0.05) is 12.1 Å². The van der Waals surface area contributed by atoms with E-state index in [4.69, 9.17) is 9.47 Å². The van der Waals surface area contributed by atoms with Crippen molar-refractivity contribution in [3.63, 3.8) is 0 Å². The molecule has 0 aromatic heterocycles. The minimum absolute atomic E-state index is 0.156. The van der Waals surface area contributed by atoms with Crippen LogP contribution in [0.4, 0.5) is 0 Å². The van der Waals surface area contributed by atoms with E-state index in [1.54, 1.807) is 43.4 Å². The molecule has 27 heavy (non-hydrogen) atoms. The molecule has 0 fully saturated rings. The number of sulfonamides is 1. The minimum Gasteiger partial charge on any atom is -0.493 e. The van der Waals surface area contributed by atoms with Crippen molar-refractivity contribution in [3.05, 3.63) is 53.6 Å². The van der Waals surface area contributed by atoms with Gasteiger partial charge in [0.1, 0.15) is 4.90 Å². The van der Waals surface area contributed by atoms with Crippen molar-refractivity contribution < 1.29 is 22.7 Å². The molecule has 0 aliphatic carbocycles. The summed E-state index contributed by atoms with van der Waals surface area (Å²) < 4.78 is 38.3. The van der Waals surface area contributed by atoms with Crippen LogP contribution in [0, 0.1) is 0 Å². The average Bonchev–Trinajstić information content (AvgIpc) is 2.91. The number of esters is 1. The number of carbonyl (C=O) groups excluding carboxylic acids is 1. The summed E-state index contributed by atoms with van der Waals surface area (Å²) in [6.07, 6.45) is 1.50. The first kappa shape index (κ1) is 18.6. The van der Waals surface area contributed by atoms with Crippen LogP contribution in [0.1, 0.15) is 18.1 Å². The minimum atomic E-state index is -3.71. The highest BCUT2D eigenvalue weighted by molar-refractivity contribution is 7.90. The molecule has 0 bridgehead atoms. The Balaban J connectivity index is 1.88. The van der Waals surface area contributed by atoms with Gasteiger partial charge in [0.05, 0.1) is 13.3 Å². The molecule has 1 heterocycles. The van der Waals surface area contributed by atoms with Gasteiger partial charge >= 0.3 is 5.97 Å². The van der Waals surface area contributed by atoms with E-state index in [0.29, 0.717) is 16.9 Å². The molecule has 0 radical (unpaired) electrons. The summed E-state index contributed by atoms with van der Waals surface area (Å²) in [4.78, 5) is 11.4. The number of ether oxygens (including phenoxy) is 2. The number of hydrogen-bond donors (Lipinski definition) is 0. The predicted octanol–water partition coefficient (Wildman–Crippen LogP) is 2.04. The van der Waals surface area contributed by atoms with Gasteiger partial charge in [-0.25, -0.2) is 5.01 Å². The Morgan fingerprint density at radius 2 is 1.93 bits per heavy atom. The summed E-state index contributed by atoms with van der Waals surface area (Å²) in [5, 5.41) is 5.62. The van der Waals surface area contributed by atoms with Crippen molar-refractivity contribution in [2.75, 3.05) is 14.2 Å². The van der Waals surface area contributed by atoms with E-state index in [-0.39, 0.29) is 16.5 Å². The maximum Gasteiger partial charge on any atom is 0.308 e. The quantitative estimate of drug-likeness (QED) is 0.345. The Morgan fingerprint density at radius 3 is 2.63 bits per heavy atom. The zero-order valence-electron chi connectivity index (χ0n) is 14.9. The molecule has 2 aromatic rings. The Bertz CT molecular complexity index is 1060. The average molecular weight is 387 g/mol. The van der Waals surface area contributed by atoms with Crippen molar-refractivity contribution >= 4 is 28.0 Å². The monoisotopic (exact) mass is 387 g/mol. The number of carbonyl (C=O) groups is 1. The lowest BCUT2D eigenvalue weighted by atomic mass is 10.2. The van der Waals surface area contributed by atoms with Crippen LogP contribution in [0.5, 0.6) is 11.5 Å². The standard InChI is InChI=1S/C18H17N3O5S/c1-12(22)26-16-10-13(8-9-15(16)25-3)11-19-21(2)18-14-6-4-5-7-17(14)27(23,24)20-18/h4-11H,1-3H3. The van der Waals surface area contributed by atoms with Gasteiger partial charge in [0.25, 0.3) is 10.0 Å². The second-order valence-corrected chi connectivity index (χ2v) is 7.23. The molecule has 9 heteroatoms. The molecule has 0 saturated heterocycles. The van der Waals surface area contributed by atoms with Gasteiger partial charge in [-0.05, 0) is 35.9 Å². The lowest BCUT2D eigenvalue weighted by Gasteiger charge is -2.12. The highest BCUT2D eigenvalue weighted by atomic mass is 32.2. The van der Waals surface area contributed by atoms with Crippen LogP contribution in [-0.2, 0) is 14.8 Å². The third kappa shape index (κ3) is 3.82. The summed E-state index contributed by atoms with van der Waals surface area (Å²) in [7, 11) is -0.641. The molecule has 0 amide bonds. The van der Waals surface area contributed by atoms with Gasteiger partial charge in [-0.15, -0.1) is 4.40 Å². The summed E-state index contributed by atoms with van der Waals surface area (Å²) in [5.41, 5.74) is 1.13. The van der Waals surface area contributed by atoms with Gasteiger partial charge in [-0.2, -0.15) is 13.5 Å². The van der Waals surface area contributed by atoms with E-state index in [0.717, 1.165) is 0 Å². The maximum atomic E-state index is 12.1. The van der Waals surface area contributed by atoms with Crippen LogP contribution in [-0.4, -0.2) is 45.6 Å². The van der Waals surface area contributed by atoms with Crippen molar-refractivity contribution in [2.45, 2.75) is 11.8 Å². The van der Waals surface area contributed by atoms with Crippen molar-refractivity contribution in [1.29, 1.82) is 0 Å². The fourth-order valence-electron chi connectivity index (χ4n) is 2.54. The van der Waals surface area contributed by atoms with Crippen molar-refractivity contribution in [1.82, 2.24) is 5.01 Å². The maximum absolute atomic E-state index is 12.1. The second kappa shape index (κ2) is 7.20. The molecule has 0 saturated carbocycles. The molecule has 1 aliphatic rings. The topological polar surface area (TPSA) is 97.6 Å². The number of hydrazone groups is 1. The molecular formula is C18H17N3O5S. The number of amidine groups is 1. The van der Waals surface area contributed by atoms with Crippen LogP contribution in [0.15, 0.2) is 56.9 Å². The molecule has 1 aliphatic heterocycles. The molecule has 0 N–H and O–H groups in total. The Morgan fingerprint density at radius 1 is 1.19 bits per heavy atom. The van der Waals surface area contributed by atoms with Crippen LogP contribution in [0.25, 0.3) is 0 Å². The number of benzene rings is 2. The van der Waals surface area contributed by atoms with E-state index in [2.05, 4.69) is 9.50 Å². The molecule has 3 rings (SSSR count). The number of fused-ring (bicyclic) bond motifs is 1. The molecular weight excluding hydrogens is 370 g/mol. The van der Waals surface area contributed by atoms with Crippen molar-refractivity contribution in [2.24, 2.45) is 9.50 Å². The van der Waals surface area contributed by atoms with Crippen LogP contribution >= 0.6 is 0 Å². The summed E-state index contributed by atoms with van der Waals surface area (Å²) in [6, 6.07) is 11.5. The highest BCUT2D eigenvalue weighted by Gasteiger charge is 2.30. The van der Waals surface area contributed by atoms with Gasteiger partial charge in [0.15, 0.2) is 17.3 Å². The highest BCUT2D eigenvalue weighted by Crippen LogP contribution is 2.28. The van der Waals surface area contributed by atoms with E-state index in [9.17, 15) is 13.2 Å². The molecule has 0 atom stereocenters. The Labute approximate surface area is 156 Å². The first-order valence-electron chi connectivity index (χ1n) is 7.90. The molecule has 8 nitrogen and oxygen atoms in total. The van der Waals surface area contributed by atoms with E-state index in [1.165, 1.54) is 31.3 Å². The smallest absolute Gasteiger partial charge is 0.308 e. The lowest BCUT2D eigenvalue weighted by molar-refractivity contribution is -0.132. The van der Waals surface area contributed by atoms with Gasteiger partial charge in [0, 0.05) is 19.5 Å². The third-order valence-electron chi connectivity index (χ3n) is 3.74. The summed E-state index contributed by atoms with van der Waals surface area (Å²) >= 11 is 0. The fourth-order valence-corrected chi connectivity index (χ4v) is 3.77. The number of hydrogen-bond acceptors (Lipinski definition) is 7. The normalized spacial score (nSPS) is 14.6. The zero-order chi connectivity index (χ0) is 19.6. The predicted molar refractivity (Wildman–Crippen MR) is 99.8 cm³/mol. The Kier molecular flexibility index (Phi) is 4.95. The second-order valence-electron chi connectivity index (χ2n) is 5.66. The fraction of sp³-hybridized carbons (Fsp3) is 0.167. The lowest BCUT2D eigenvalue weighted by Crippen LogP contribution is -2.21. The number of nitrogens with zero attached hydrogens (tertiary/aromatic N) is 3. The largest absolute Gasteiger partial charge is 0.493 e. The Hall–Kier alpha value is -3.20. The molecule has 140 valence electrons. The third-order valence-corrected chi connectivity index (χ3v) is 5.07. The SMILES string of the molecule is COc1ccc(C=NN(C)C2=NS(=O)(=O)c3ccccc32)cc1OC(C)=O. The van der Waals surface area contributed by atoms with Gasteiger partial charge in [-0.3, -0.25) is 4.79 Å². The van der Waals surface area contributed by atoms with Crippen LogP contribution in [0.2, 0.25) is 0 Å². The summed E-state index contributed by atoms with van der Waals surface area (Å²) in [6.45, 7) is 1.30. The zero-order valence-corrected chi connectivity index (χ0v) is 15.7. The van der Waals surface area contributed by atoms with Crippen molar-refractivity contribution in [3.8, 4) is 11.5 Å². The first-order valence-corrected chi connectivity index (χ1v) is 9.34.